The van der Waals surface area contributed by atoms with Crippen LogP contribution in [0.2, 0.25) is 5.02 Å². The van der Waals surface area contributed by atoms with Crippen molar-refractivity contribution < 1.29 is 4.79 Å². The number of piperazine rings is 1. The summed E-state index contributed by atoms with van der Waals surface area (Å²) >= 11 is 6.07. The number of carbonyl (C=O) groups is 1. The molecule has 1 fully saturated rings. The Morgan fingerprint density at radius 2 is 1.70 bits per heavy atom. The molecular formula is C18H20ClN3O. The Bertz CT molecular complexity index is 669. The minimum Gasteiger partial charge on any atom is -0.369 e. The zero-order valence-corrected chi connectivity index (χ0v) is 13.6. The van der Waals surface area contributed by atoms with E-state index in [-0.39, 0.29) is 11.9 Å². The fraction of sp³-hybridized carbons (Fsp3) is 0.278. The molecule has 5 heteroatoms. The fourth-order valence-corrected chi connectivity index (χ4v) is 3.29. The molecule has 1 amide bonds. The van der Waals surface area contributed by atoms with Crippen LogP contribution in [0.3, 0.4) is 0 Å². The van der Waals surface area contributed by atoms with E-state index in [1.165, 1.54) is 0 Å². The molecule has 0 saturated carbocycles. The van der Waals surface area contributed by atoms with Crippen LogP contribution >= 0.6 is 11.6 Å². The molecule has 0 bridgehead atoms. The molecule has 3 rings (SSSR count). The number of anilines is 1. The first-order chi connectivity index (χ1) is 11.1. The van der Waals surface area contributed by atoms with Gasteiger partial charge < -0.3 is 10.6 Å². The van der Waals surface area contributed by atoms with Gasteiger partial charge in [-0.1, -0.05) is 48.0 Å². The molecule has 0 spiro atoms. The predicted octanol–water partition coefficient (Wildman–Crippen LogP) is 2.69. The summed E-state index contributed by atoms with van der Waals surface area (Å²) < 4.78 is 0. The Morgan fingerprint density at radius 3 is 2.30 bits per heavy atom. The zero-order chi connectivity index (χ0) is 16.2. The van der Waals surface area contributed by atoms with Crippen molar-refractivity contribution in [3.63, 3.8) is 0 Å². The van der Waals surface area contributed by atoms with Gasteiger partial charge in [0.1, 0.15) is 6.04 Å². The van der Waals surface area contributed by atoms with Crippen molar-refractivity contribution in [3.8, 4) is 0 Å². The topological polar surface area (TPSA) is 49.6 Å². The molecule has 1 aliphatic heterocycles. The van der Waals surface area contributed by atoms with Crippen molar-refractivity contribution in [2.24, 2.45) is 5.73 Å². The third-order valence-electron chi connectivity index (χ3n) is 4.24. The molecule has 120 valence electrons. The molecule has 0 aromatic heterocycles. The molecule has 1 aliphatic rings. The molecule has 0 aliphatic carbocycles. The monoisotopic (exact) mass is 329 g/mol. The van der Waals surface area contributed by atoms with E-state index in [2.05, 4.69) is 15.9 Å². The van der Waals surface area contributed by atoms with Crippen molar-refractivity contribution in [1.29, 1.82) is 0 Å². The lowest BCUT2D eigenvalue weighted by Gasteiger charge is -2.39. The number of halogens is 1. The summed E-state index contributed by atoms with van der Waals surface area (Å²) in [6.07, 6.45) is 0. The first kappa shape index (κ1) is 15.8. The van der Waals surface area contributed by atoms with Gasteiger partial charge in [-0.05, 0) is 23.8 Å². The summed E-state index contributed by atoms with van der Waals surface area (Å²) in [5.41, 5.74) is 7.73. The predicted molar refractivity (Wildman–Crippen MR) is 93.6 cm³/mol. The van der Waals surface area contributed by atoms with E-state index in [1.807, 2.05) is 48.5 Å². The van der Waals surface area contributed by atoms with Crippen molar-refractivity contribution >= 4 is 23.2 Å². The standard InChI is InChI=1S/C18H20ClN3O/c19-15-7-4-8-16(13-15)21-9-11-22(12-10-21)17(18(20)23)14-5-2-1-3-6-14/h1-8,13,17H,9-12H2,(H2,20,23)/t17-/m1/s1. The smallest absolute Gasteiger partial charge is 0.239 e. The van der Waals surface area contributed by atoms with Crippen LogP contribution in [-0.2, 0) is 4.79 Å². The van der Waals surface area contributed by atoms with E-state index in [4.69, 9.17) is 17.3 Å². The second-order valence-corrected chi connectivity index (χ2v) is 6.15. The number of nitrogens with zero attached hydrogens (tertiary/aromatic N) is 2. The van der Waals surface area contributed by atoms with Crippen LogP contribution in [0.15, 0.2) is 54.6 Å². The molecule has 2 N–H and O–H groups in total. The molecule has 2 aromatic carbocycles. The van der Waals surface area contributed by atoms with Crippen molar-refractivity contribution in [2.75, 3.05) is 31.1 Å². The van der Waals surface area contributed by atoms with Gasteiger partial charge in [-0.2, -0.15) is 0 Å². The molecule has 0 radical (unpaired) electrons. The first-order valence-corrected chi connectivity index (χ1v) is 8.12. The maximum absolute atomic E-state index is 11.9. The van der Waals surface area contributed by atoms with Gasteiger partial charge >= 0.3 is 0 Å². The average Bonchev–Trinajstić information content (AvgIpc) is 2.56. The summed E-state index contributed by atoms with van der Waals surface area (Å²) in [7, 11) is 0. The number of hydrogen-bond donors (Lipinski definition) is 1. The molecule has 1 heterocycles. The number of amides is 1. The maximum Gasteiger partial charge on any atom is 0.239 e. The van der Waals surface area contributed by atoms with Gasteiger partial charge in [0.05, 0.1) is 0 Å². The zero-order valence-electron chi connectivity index (χ0n) is 12.9. The Kier molecular flexibility index (Phi) is 4.84. The number of benzene rings is 2. The second-order valence-electron chi connectivity index (χ2n) is 5.72. The summed E-state index contributed by atoms with van der Waals surface area (Å²) in [6, 6.07) is 17.2. The number of carbonyl (C=O) groups excluding carboxylic acids is 1. The van der Waals surface area contributed by atoms with Crippen molar-refractivity contribution in [2.45, 2.75) is 6.04 Å². The van der Waals surface area contributed by atoms with Gasteiger partial charge in [-0.25, -0.2) is 0 Å². The molecule has 2 aromatic rings. The molecule has 23 heavy (non-hydrogen) atoms. The van der Waals surface area contributed by atoms with Gasteiger partial charge in [-0.3, -0.25) is 9.69 Å². The minimum atomic E-state index is -0.363. The number of nitrogens with two attached hydrogens (primary N) is 1. The highest BCUT2D eigenvalue weighted by Gasteiger charge is 2.28. The van der Waals surface area contributed by atoms with Gasteiger partial charge in [0, 0.05) is 36.9 Å². The Labute approximate surface area is 141 Å². The van der Waals surface area contributed by atoms with Crippen LogP contribution in [0, 0.1) is 0 Å². The molecular weight excluding hydrogens is 310 g/mol. The maximum atomic E-state index is 11.9. The highest BCUT2D eigenvalue weighted by molar-refractivity contribution is 6.30. The third kappa shape index (κ3) is 3.66. The SMILES string of the molecule is NC(=O)[C@@H](c1ccccc1)N1CCN(c2cccc(Cl)c2)CC1. The van der Waals surface area contributed by atoms with Crippen LogP contribution in [0.4, 0.5) is 5.69 Å². The van der Waals surface area contributed by atoms with E-state index in [1.54, 1.807) is 0 Å². The normalized spacial score (nSPS) is 17.0. The number of rotatable bonds is 4. The molecule has 1 atom stereocenters. The van der Waals surface area contributed by atoms with Gasteiger partial charge in [0.2, 0.25) is 5.91 Å². The Morgan fingerprint density at radius 1 is 1.00 bits per heavy atom. The minimum absolute atomic E-state index is 0.299. The van der Waals surface area contributed by atoms with E-state index < -0.39 is 0 Å². The van der Waals surface area contributed by atoms with Gasteiger partial charge in [0.15, 0.2) is 0 Å². The lowest BCUT2D eigenvalue weighted by molar-refractivity contribution is -0.123. The van der Waals surface area contributed by atoms with Crippen molar-refractivity contribution in [1.82, 2.24) is 4.90 Å². The fourth-order valence-electron chi connectivity index (χ4n) is 3.10. The lowest BCUT2D eigenvalue weighted by atomic mass is 10.0. The first-order valence-electron chi connectivity index (χ1n) is 7.74. The number of primary amides is 1. The molecule has 4 nitrogen and oxygen atoms in total. The third-order valence-corrected chi connectivity index (χ3v) is 4.47. The van der Waals surface area contributed by atoms with Crippen molar-refractivity contribution in [3.05, 3.63) is 65.2 Å². The van der Waals surface area contributed by atoms with Crippen LogP contribution in [0.1, 0.15) is 11.6 Å². The van der Waals surface area contributed by atoms with Crippen LogP contribution < -0.4 is 10.6 Å². The Balaban J connectivity index is 1.71. The van der Waals surface area contributed by atoms with E-state index in [0.29, 0.717) is 0 Å². The average molecular weight is 330 g/mol. The summed E-state index contributed by atoms with van der Waals surface area (Å²) in [5, 5.41) is 0.740. The summed E-state index contributed by atoms with van der Waals surface area (Å²) in [5.74, 6) is -0.299. The highest BCUT2D eigenvalue weighted by Crippen LogP contribution is 2.25. The summed E-state index contributed by atoms with van der Waals surface area (Å²) in [4.78, 5) is 16.4. The van der Waals surface area contributed by atoms with E-state index in [9.17, 15) is 4.79 Å². The van der Waals surface area contributed by atoms with Crippen LogP contribution in [0.5, 0.6) is 0 Å². The van der Waals surface area contributed by atoms with E-state index >= 15 is 0 Å². The number of hydrogen-bond acceptors (Lipinski definition) is 3. The second kappa shape index (κ2) is 7.02. The quantitative estimate of drug-likeness (QED) is 0.938. The largest absolute Gasteiger partial charge is 0.369 e. The molecule has 1 saturated heterocycles. The van der Waals surface area contributed by atoms with Gasteiger partial charge in [-0.15, -0.1) is 0 Å². The molecule has 0 unspecified atom stereocenters. The lowest BCUT2D eigenvalue weighted by Crippen LogP contribution is -2.50. The summed E-state index contributed by atoms with van der Waals surface area (Å²) in [6.45, 7) is 3.26. The van der Waals surface area contributed by atoms with Gasteiger partial charge in [0.25, 0.3) is 0 Å². The van der Waals surface area contributed by atoms with E-state index in [0.717, 1.165) is 42.5 Å². The highest BCUT2D eigenvalue weighted by atomic mass is 35.5. The van der Waals surface area contributed by atoms with Crippen LogP contribution in [0.25, 0.3) is 0 Å². The van der Waals surface area contributed by atoms with Crippen LogP contribution in [-0.4, -0.2) is 37.0 Å². The Hall–Kier alpha value is -2.04.